The van der Waals surface area contributed by atoms with Crippen LogP contribution in [0.1, 0.15) is 24.0 Å². The van der Waals surface area contributed by atoms with Gasteiger partial charge in [-0.15, -0.1) is 0 Å². The van der Waals surface area contributed by atoms with Crippen molar-refractivity contribution in [2.75, 3.05) is 0 Å². The van der Waals surface area contributed by atoms with E-state index >= 15 is 0 Å². The van der Waals surface area contributed by atoms with Crippen molar-refractivity contribution in [3.63, 3.8) is 0 Å². The minimum atomic E-state index is -1.55. The molecule has 0 unspecified atom stereocenters. The lowest BCUT2D eigenvalue weighted by Crippen LogP contribution is -2.10. The number of rotatable bonds is 1. The fourth-order valence-electron chi connectivity index (χ4n) is 1.07. The first kappa shape index (κ1) is 12.2. The molecule has 0 spiro atoms. The number of aromatic nitrogens is 2. The summed E-state index contributed by atoms with van der Waals surface area (Å²) in [7, 11) is 0. The molecule has 1 rings (SSSR count). The second-order valence-electron chi connectivity index (χ2n) is 2.85. The van der Waals surface area contributed by atoms with Crippen LogP contribution >= 0.6 is 47.0 Å². The summed E-state index contributed by atoms with van der Waals surface area (Å²) in [6.45, 7) is 3.89. The number of hydrogen-bond donors (Lipinski definition) is 1. The molecule has 0 amide bonds. The van der Waals surface area contributed by atoms with E-state index in [2.05, 4.69) is 9.97 Å². The maximum Gasteiger partial charge on any atom is 0.248 e. The van der Waals surface area contributed by atoms with Gasteiger partial charge in [0.25, 0.3) is 0 Å². The first-order valence-electron chi connectivity index (χ1n) is 4.03. The van der Waals surface area contributed by atoms with Crippen LogP contribution in [0, 0.1) is 11.6 Å². The lowest BCUT2D eigenvalue weighted by atomic mass is 10.2. The van der Waals surface area contributed by atoms with Crippen LogP contribution in [0.3, 0.4) is 0 Å². The van der Waals surface area contributed by atoms with E-state index in [4.69, 9.17) is 47.0 Å². The van der Waals surface area contributed by atoms with E-state index in [1.165, 1.54) is 0 Å². The first-order chi connectivity index (χ1) is 6.36. The summed E-state index contributed by atoms with van der Waals surface area (Å²) in [5.74, 6) is 0.273. The van der Waals surface area contributed by atoms with Crippen molar-refractivity contribution in [2.24, 2.45) is 0 Å². The fourth-order valence-corrected chi connectivity index (χ4v) is 1.55. The van der Waals surface area contributed by atoms with Gasteiger partial charge in [-0.25, -0.2) is 4.98 Å². The van der Waals surface area contributed by atoms with Crippen molar-refractivity contribution in [1.29, 1.82) is 0 Å². The average molecular weight is 272 g/mol. The molecule has 1 aromatic rings. The first-order valence-corrected chi connectivity index (χ1v) is 5.57. The van der Waals surface area contributed by atoms with Gasteiger partial charge < -0.3 is 4.98 Å². The molecule has 1 heterocycles. The van der Waals surface area contributed by atoms with E-state index in [9.17, 15) is 0 Å². The molecule has 0 aliphatic carbocycles. The number of hydrogen-bond acceptors (Lipinski definition) is 2. The normalized spacial score (nSPS) is 11.8. The molecule has 0 radical (unpaired) electrons. The molecule has 1 aromatic heterocycles. The zero-order valence-corrected chi connectivity index (χ0v) is 10.8. The highest BCUT2D eigenvalue weighted by Gasteiger charge is 2.26. The molecule has 0 aliphatic heterocycles. The van der Waals surface area contributed by atoms with Gasteiger partial charge in [-0.3, -0.25) is 0 Å². The van der Waals surface area contributed by atoms with E-state index in [1.807, 2.05) is 13.8 Å². The largest absolute Gasteiger partial charge is 0.343 e. The van der Waals surface area contributed by atoms with Gasteiger partial charge in [0.2, 0.25) is 3.79 Å². The average Bonchev–Trinajstić information content (AvgIpc) is 2.07. The van der Waals surface area contributed by atoms with E-state index in [1.54, 1.807) is 0 Å². The quantitative estimate of drug-likeness (QED) is 0.621. The van der Waals surface area contributed by atoms with Crippen LogP contribution in [0.15, 0.2) is 0 Å². The smallest absolute Gasteiger partial charge is 0.248 e. The Labute approximate surface area is 103 Å². The van der Waals surface area contributed by atoms with Crippen LogP contribution in [0.2, 0.25) is 0 Å². The number of nitrogens with zero attached hydrogens (tertiary/aromatic N) is 1. The van der Waals surface area contributed by atoms with Gasteiger partial charge in [0.05, 0.1) is 0 Å². The van der Waals surface area contributed by atoms with Crippen molar-refractivity contribution >= 4 is 47.0 Å². The van der Waals surface area contributed by atoms with E-state index < -0.39 is 3.79 Å². The van der Waals surface area contributed by atoms with Crippen LogP contribution in [-0.4, -0.2) is 9.97 Å². The Morgan fingerprint density at radius 3 is 2.43 bits per heavy atom. The third kappa shape index (κ3) is 2.60. The molecule has 0 saturated heterocycles. The Morgan fingerprint density at radius 1 is 1.43 bits per heavy atom. The van der Waals surface area contributed by atoms with Gasteiger partial charge in [-0.2, -0.15) is 0 Å². The SMILES string of the molecule is CCc1[nH]c(C(Cl)(Cl)Cl)nc(=S)c1C. The van der Waals surface area contributed by atoms with Crippen molar-refractivity contribution in [2.45, 2.75) is 24.1 Å². The Morgan fingerprint density at radius 2 is 2.00 bits per heavy atom. The molecule has 0 aliphatic rings. The molecule has 2 nitrogen and oxygen atoms in total. The zero-order chi connectivity index (χ0) is 10.9. The summed E-state index contributed by atoms with van der Waals surface area (Å²) in [6.07, 6.45) is 0.797. The highest BCUT2D eigenvalue weighted by Crippen LogP contribution is 2.36. The van der Waals surface area contributed by atoms with Gasteiger partial charge in [0.1, 0.15) is 4.64 Å². The molecule has 0 fully saturated rings. The summed E-state index contributed by atoms with van der Waals surface area (Å²) in [5.41, 5.74) is 1.88. The van der Waals surface area contributed by atoms with Crippen LogP contribution in [-0.2, 0) is 10.2 Å². The van der Waals surface area contributed by atoms with Gasteiger partial charge in [-0.05, 0) is 13.3 Å². The third-order valence-corrected chi connectivity index (χ3v) is 2.81. The standard InChI is InChI=1S/C8H9Cl3N2S/c1-3-5-4(2)6(14)13-7(12-5)8(9,10)11/h3H2,1-2H3,(H,12,13,14). The Hall–Kier alpha value is 0.170. The van der Waals surface area contributed by atoms with Gasteiger partial charge in [0, 0.05) is 11.3 Å². The number of aromatic amines is 1. The van der Waals surface area contributed by atoms with Gasteiger partial charge >= 0.3 is 0 Å². The van der Waals surface area contributed by atoms with Crippen LogP contribution < -0.4 is 0 Å². The zero-order valence-electron chi connectivity index (χ0n) is 7.70. The van der Waals surface area contributed by atoms with Crippen molar-refractivity contribution in [3.05, 3.63) is 21.7 Å². The molecule has 14 heavy (non-hydrogen) atoms. The third-order valence-electron chi connectivity index (χ3n) is 1.88. The summed E-state index contributed by atoms with van der Waals surface area (Å²) in [4.78, 5) is 6.99. The molecule has 0 atom stereocenters. The Bertz CT molecular complexity index is 395. The summed E-state index contributed by atoms with van der Waals surface area (Å²) < 4.78 is -1.08. The molecule has 0 aromatic carbocycles. The molecule has 78 valence electrons. The van der Waals surface area contributed by atoms with Crippen molar-refractivity contribution in [1.82, 2.24) is 9.97 Å². The molecule has 0 saturated carbocycles. The lowest BCUT2D eigenvalue weighted by molar-refractivity contribution is 0.879. The fraction of sp³-hybridized carbons (Fsp3) is 0.500. The molecule has 1 N–H and O–H groups in total. The van der Waals surface area contributed by atoms with Crippen LogP contribution in [0.5, 0.6) is 0 Å². The van der Waals surface area contributed by atoms with Crippen molar-refractivity contribution in [3.8, 4) is 0 Å². The molecular weight excluding hydrogens is 263 g/mol. The van der Waals surface area contributed by atoms with E-state index in [0.29, 0.717) is 4.64 Å². The monoisotopic (exact) mass is 270 g/mol. The van der Waals surface area contributed by atoms with E-state index in [-0.39, 0.29) is 5.82 Å². The second-order valence-corrected chi connectivity index (χ2v) is 5.51. The maximum atomic E-state index is 5.70. The number of halogens is 3. The molecular formula is C8H9Cl3N2S. The summed E-state index contributed by atoms with van der Waals surface area (Å²) >= 11 is 22.2. The predicted molar refractivity (Wildman–Crippen MR) is 62.8 cm³/mol. The lowest BCUT2D eigenvalue weighted by Gasteiger charge is -2.13. The topological polar surface area (TPSA) is 28.7 Å². The highest BCUT2D eigenvalue weighted by atomic mass is 35.6. The van der Waals surface area contributed by atoms with Gasteiger partial charge in [0.15, 0.2) is 5.82 Å². The number of nitrogens with one attached hydrogen (secondary N) is 1. The summed E-state index contributed by atoms with van der Waals surface area (Å²) in [5, 5.41) is 0. The second kappa shape index (κ2) is 4.35. The predicted octanol–water partition coefficient (Wildman–Crippen LogP) is 3.84. The van der Waals surface area contributed by atoms with Crippen molar-refractivity contribution < 1.29 is 0 Å². The minimum Gasteiger partial charge on any atom is -0.343 e. The Balaban J connectivity index is 3.38. The highest BCUT2D eigenvalue weighted by molar-refractivity contribution is 7.71. The van der Waals surface area contributed by atoms with Crippen LogP contribution in [0.25, 0.3) is 0 Å². The molecule has 0 bridgehead atoms. The minimum absolute atomic E-state index is 0.273. The van der Waals surface area contributed by atoms with Crippen LogP contribution in [0.4, 0.5) is 0 Å². The molecule has 6 heteroatoms. The number of H-pyrrole nitrogens is 1. The van der Waals surface area contributed by atoms with Gasteiger partial charge in [-0.1, -0.05) is 53.9 Å². The number of alkyl halides is 3. The number of aryl methyl sites for hydroxylation is 1. The van der Waals surface area contributed by atoms with E-state index in [0.717, 1.165) is 17.7 Å². The maximum absolute atomic E-state index is 5.70. The Kier molecular flexibility index (Phi) is 3.81. The summed E-state index contributed by atoms with van der Waals surface area (Å²) in [6, 6.07) is 0.